The van der Waals surface area contributed by atoms with Crippen LogP contribution in [-0.4, -0.2) is 17.6 Å². The number of benzene rings is 1. The van der Waals surface area contributed by atoms with Crippen LogP contribution in [-0.2, 0) is 4.79 Å². The highest BCUT2D eigenvalue weighted by Gasteiger charge is 2.11. The molecule has 17 heavy (non-hydrogen) atoms. The summed E-state index contributed by atoms with van der Waals surface area (Å²) in [5.41, 5.74) is 0. The van der Waals surface area contributed by atoms with Crippen molar-refractivity contribution in [3.05, 3.63) is 47.9 Å². The Hall–Kier alpha value is -1.65. The Kier molecular flexibility index (Phi) is 3.56. The van der Waals surface area contributed by atoms with Gasteiger partial charge in [0.15, 0.2) is 0 Å². The lowest BCUT2D eigenvalue weighted by atomic mass is 10.2. The minimum atomic E-state index is -0.670. The van der Waals surface area contributed by atoms with Crippen molar-refractivity contribution in [2.45, 2.75) is 6.10 Å². The highest BCUT2D eigenvalue weighted by Crippen LogP contribution is 2.29. The van der Waals surface area contributed by atoms with E-state index in [2.05, 4.69) is 11.9 Å². The Labute approximate surface area is 103 Å². The number of aliphatic hydroxyl groups excluding tert-OH is 1. The van der Waals surface area contributed by atoms with E-state index in [1.54, 1.807) is 0 Å². The molecule has 0 aliphatic heterocycles. The summed E-state index contributed by atoms with van der Waals surface area (Å²) in [6, 6.07) is 9.90. The lowest BCUT2D eigenvalue weighted by molar-refractivity contribution is -0.116. The molecule has 1 aromatic carbocycles. The quantitative estimate of drug-likeness (QED) is 0.814. The Balaban J connectivity index is 2.10. The zero-order valence-electron chi connectivity index (χ0n) is 9.22. The summed E-state index contributed by atoms with van der Waals surface area (Å²) in [6.45, 7) is 3.56. The minimum absolute atomic E-state index is 0.206. The number of rotatable bonds is 4. The molecule has 0 spiro atoms. The standard InChI is InChI=1S/C13H13NO2S/c1-2-13(16)14-8-10(15)12-7-9-5-3-4-6-11(9)17-12/h2-7,10,15H,1,8H2,(H,14,16)/t10-/m0/s1. The highest BCUT2D eigenvalue weighted by atomic mass is 32.1. The van der Waals surface area contributed by atoms with Gasteiger partial charge in [-0.25, -0.2) is 0 Å². The number of thiophene rings is 1. The third kappa shape index (κ3) is 2.72. The van der Waals surface area contributed by atoms with Crippen LogP contribution in [0.5, 0.6) is 0 Å². The van der Waals surface area contributed by atoms with Crippen LogP contribution in [0.1, 0.15) is 11.0 Å². The van der Waals surface area contributed by atoms with Crippen LogP contribution in [0.3, 0.4) is 0 Å². The van der Waals surface area contributed by atoms with E-state index < -0.39 is 6.10 Å². The van der Waals surface area contributed by atoms with Crippen LogP contribution in [0.2, 0.25) is 0 Å². The fourth-order valence-corrected chi connectivity index (χ4v) is 2.59. The van der Waals surface area contributed by atoms with Crippen molar-refractivity contribution in [1.82, 2.24) is 5.32 Å². The van der Waals surface area contributed by atoms with Gasteiger partial charge in [0, 0.05) is 16.1 Å². The first kappa shape index (κ1) is 11.8. The number of hydrogen-bond acceptors (Lipinski definition) is 3. The van der Waals surface area contributed by atoms with E-state index in [0.717, 1.165) is 15.0 Å². The molecule has 1 amide bonds. The Morgan fingerprint density at radius 3 is 3.00 bits per heavy atom. The predicted molar refractivity (Wildman–Crippen MR) is 70.0 cm³/mol. The molecule has 2 rings (SSSR count). The topological polar surface area (TPSA) is 49.3 Å². The van der Waals surface area contributed by atoms with E-state index in [1.807, 2.05) is 30.3 Å². The SMILES string of the molecule is C=CC(=O)NC[C@H](O)c1cc2ccccc2s1. The minimum Gasteiger partial charge on any atom is -0.386 e. The molecule has 2 aromatic rings. The number of carbonyl (C=O) groups is 1. The molecular formula is C13H13NO2S. The molecule has 2 N–H and O–H groups in total. The Morgan fingerprint density at radius 1 is 1.53 bits per heavy atom. The lowest BCUT2D eigenvalue weighted by Crippen LogP contribution is -2.26. The van der Waals surface area contributed by atoms with Gasteiger partial charge in [-0.05, 0) is 23.6 Å². The van der Waals surface area contributed by atoms with Crippen LogP contribution in [0.25, 0.3) is 10.1 Å². The van der Waals surface area contributed by atoms with Crippen molar-refractivity contribution in [3.63, 3.8) is 0 Å². The van der Waals surface area contributed by atoms with Gasteiger partial charge in [0.25, 0.3) is 0 Å². The maximum Gasteiger partial charge on any atom is 0.243 e. The average Bonchev–Trinajstić information content (AvgIpc) is 2.79. The molecule has 0 bridgehead atoms. The third-order valence-corrected chi connectivity index (χ3v) is 3.65. The smallest absolute Gasteiger partial charge is 0.243 e. The normalized spacial score (nSPS) is 12.3. The van der Waals surface area contributed by atoms with Crippen LogP contribution in [0, 0.1) is 0 Å². The van der Waals surface area contributed by atoms with E-state index >= 15 is 0 Å². The molecule has 0 saturated heterocycles. The largest absolute Gasteiger partial charge is 0.386 e. The molecule has 1 aromatic heterocycles. The first-order chi connectivity index (χ1) is 8.20. The van der Waals surface area contributed by atoms with Crippen molar-refractivity contribution in [2.75, 3.05) is 6.54 Å². The van der Waals surface area contributed by atoms with Gasteiger partial charge >= 0.3 is 0 Å². The number of amides is 1. The molecule has 88 valence electrons. The van der Waals surface area contributed by atoms with Gasteiger partial charge in [0.1, 0.15) is 6.10 Å². The van der Waals surface area contributed by atoms with E-state index in [9.17, 15) is 9.90 Å². The first-order valence-electron chi connectivity index (χ1n) is 5.27. The van der Waals surface area contributed by atoms with Crippen molar-refractivity contribution in [2.24, 2.45) is 0 Å². The Bertz CT molecular complexity index is 514. The van der Waals surface area contributed by atoms with Gasteiger partial charge in [-0.2, -0.15) is 0 Å². The van der Waals surface area contributed by atoms with Crippen molar-refractivity contribution < 1.29 is 9.90 Å². The van der Waals surface area contributed by atoms with Crippen LogP contribution >= 0.6 is 11.3 Å². The summed E-state index contributed by atoms with van der Waals surface area (Å²) in [5, 5.41) is 13.6. The molecule has 0 unspecified atom stereocenters. The third-order valence-electron chi connectivity index (χ3n) is 2.43. The molecule has 4 heteroatoms. The van der Waals surface area contributed by atoms with Gasteiger partial charge in [0.05, 0.1) is 0 Å². The summed E-state index contributed by atoms with van der Waals surface area (Å²) in [7, 11) is 0. The van der Waals surface area contributed by atoms with E-state index in [1.165, 1.54) is 17.4 Å². The molecule has 0 aliphatic rings. The zero-order valence-corrected chi connectivity index (χ0v) is 10.0. The predicted octanol–water partition coefficient (Wildman–Crippen LogP) is 2.24. The van der Waals surface area contributed by atoms with Crippen molar-refractivity contribution >= 4 is 27.3 Å². The number of carbonyl (C=O) groups excluding carboxylic acids is 1. The van der Waals surface area contributed by atoms with Gasteiger partial charge < -0.3 is 10.4 Å². The molecular weight excluding hydrogens is 234 g/mol. The van der Waals surface area contributed by atoms with Crippen LogP contribution in [0.4, 0.5) is 0 Å². The average molecular weight is 247 g/mol. The second-order valence-corrected chi connectivity index (χ2v) is 4.77. The maximum atomic E-state index is 11.0. The van der Waals surface area contributed by atoms with Gasteiger partial charge in [-0.1, -0.05) is 24.8 Å². The summed E-state index contributed by atoms with van der Waals surface area (Å²) in [6.07, 6.45) is 0.522. The maximum absolute atomic E-state index is 11.0. The molecule has 0 aliphatic carbocycles. The molecule has 0 radical (unpaired) electrons. The zero-order chi connectivity index (χ0) is 12.3. The number of hydrogen-bond donors (Lipinski definition) is 2. The van der Waals surface area contributed by atoms with Gasteiger partial charge in [0.2, 0.25) is 5.91 Å². The fourth-order valence-electron chi connectivity index (χ4n) is 1.54. The summed E-state index contributed by atoms with van der Waals surface area (Å²) < 4.78 is 1.14. The lowest BCUT2D eigenvalue weighted by Gasteiger charge is -2.08. The molecule has 1 heterocycles. The monoisotopic (exact) mass is 247 g/mol. The van der Waals surface area contributed by atoms with E-state index in [-0.39, 0.29) is 12.5 Å². The second-order valence-electron chi connectivity index (χ2n) is 3.65. The van der Waals surface area contributed by atoms with E-state index in [4.69, 9.17) is 0 Å². The van der Waals surface area contributed by atoms with Gasteiger partial charge in [-0.15, -0.1) is 11.3 Å². The summed E-state index contributed by atoms with van der Waals surface area (Å²) >= 11 is 1.54. The van der Waals surface area contributed by atoms with E-state index in [0.29, 0.717) is 0 Å². The molecule has 0 saturated carbocycles. The second kappa shape index (κ2) is 5.12. The van der Waals surface area contributed by atoms with Gasteiger partial charge in [-0.3, -0.25) is 4.79 Å². The van der Waals surface area contributed by atoms with Crippen LogP contribution < -0.4 is 5.32 Å². The molecule has 1 atom stereocenters. The summed E-state index contributed by atoms with van der Waals surface area (Å²) in [4.78, 5) is 11.8. The fraction of sp³-hybridized carbons (Fsp3) is 0.154. The van der Waals surface area contributed by atoms with Crippen LogP contribution in [0.15, 0.2) is 43.0 Å². The van der Waals surface area contributed by atoms with Crippen molar-refractivity contribution in [1.29, 1.82) is 0 Å². The molecule has 0 fully saturated rings. The highest BCUT2D eigenvalue weighted by molar-refractivity contribution is 7.19. The summed E-state index contributed by atoms with van der Waals surface area (Å²) in [5.74, 6) is -0.273. The molecule has 3 nitrogen and oxygen atoms in total. The number of nitrogens with one attached hydrogen (secondary N) is 1. The number of aliphatic hydroxyl groups is 1. The first-order valence-corrected chi connectivity index (χ1v) is 6.09. The number of fused-ring (bicyclic) bond motifs is 1. The Morgan fingerprint density at radius 2 is 2.29 bits per heavy atom. The van der Waals surface area contributed by atoms with Crippen molar-refractivity contribution in [3.8, 4) is 0 Å².